The van der Waals surface area contributed by atoms with Crippen molar-refractivity contribution < 1.29 is 9.59 Å². The average molecular weight is 515 g/mol. The number of amides is 2. The number of guanidine groups is 1. The normalized spacial score (nSPS) is 16.9. The van der Waals surface area contributed by atoms with Crippen molar-refractivity contribution in [3.05, 3.63) is 58.9 Å². The minimum Gasteiger partial charge on any atom is -0.377 e. The summed E-state index contributed by atoms with van der Waals surface area (Å²) in [5.41, 5.74) is 2.68. The van der Waals surface area contributed by atoms with Gasteiger partial charge in [-0.3, -0.25) is 14.9 Å². The molecule has 0 bridgehead atoms. The van der Waals surface area contributed by atoms with E-state index in [1.165, 1.54) is 5.57 Å². The lowest BCUT2D eigenvalue weighted by Gasteiger charge is -2.27. The number of benzene rings is 1. The number of nitrogens with one attached hydrogen (secondary N) is 6. The first kappa shape index (κ1) is 27.3. The van der Waals surface area contributed by atoms with Gasteiger partial charge in [0.15, 0.2) is 5.96 Å². The van der Waals surface area contributed by atoms with E-state index in [4.69, 9.17) is 11.6 Å². The molecule has 0 aromatic heterocycles. The zero-order chi connectivity index (χ0) is 25.9. The predicted molar refractivity (Wildman–Crippen MR) is 146 cm³/mol. The second-order valence-corrected chi connectivity index (χ2v) is 9.00. The van der Waals surface area contributed by atoms with Crippen LogP contribution in [0.4, 0.5) is 11.4 Å². The van der Waals surface area contributed by atoms with Crippen molar-refractivity contribution in [2.45, 2.75) is 25.9 Å². The monoisotopic (exact) mass is 514 g/mol. The molecule has 0 spiro atoms. The molecule has 6 N–H and O–H groups in total. The fraction of sp³-hybridized carbons (Fsp3) is 0.400. The third-order valence-electron chi connectivity index (χ3n) is 5.45. The largest absolute Gasteiger partial charge is 0.377 e. The van der Waals surface area contributed by atoms with Gasteiger partial charge in [0.1, 0.15) is 6.17 Å². The lowest BCUT2D eigenvalue weighted by atomic mass is 10.1. The van der Waals surface area contributed by atoms with E-state index in [0.29, 0.717) is 34.5 Å². The SMILES string of the molecule is CCCNC1NC(NCCC2=CCN(C)C=C2)=NC=C1C(=O)Nc1cc(Cl)cc(NC(=O)CNC)c1. The fourth-order valence-corrected chi connectivity index (χ4v) is 3.86. The molecule has 36 heavy (non-hydrogen) atoms. The summed E-state index contributed by atoms with van der Waals surface area (Å²) in [5.74, 6) is 0.0720. The molecule has 11 heteroatoms. The highest BCUT2D eigenvalue weighted by molar-refractivity contribution is 6.31. The Labute approximate surface area is 217 Å². The molecular formula is C25H35ClN8O2. The van der Waals surface area contributed by atoms with Gasteiger partial charge < -0.3 is 31.5 Å². The average Bonchev–Trinajstić information content (AvgIpc) is 2.83. The van der Waals surface area contributed by atoms with Crippen LogP contribution in [0.1, 0.15) is 19.8 Å². The lowest BCUT2D eigenvalue weighted by molar-refractivity contribution is -0.115. The summed E-state index contributed by atoms with van der Waals surface area (Å²) in [5, 5.41) is 18.7. The summed E-state index contributed by atoms with van der Waals surface area (Å²) < 4.78 is 0. The van der Waals surface area contributed by atoms with Crippen LogP contribution >= 0.6 is 11.6 Å². The Bertz CT molecular complexity index is 1070. The zero-order valence-electron chi connectivity index (χ0n) is 21.0. The number of carbonyl (C=O) groups excluding carboxylic acids is 2. The third kappa shape index (κ3) is 8.40. The third-order valence-corrected chi connectivity index (χ3v) is 5.67. The molecule has 1 unspecified atom stereocenters. The van der Waals surface area contributed by atoms with Crippen LogP contribution in [-0.4, -0.2) is 69.1 Å². The fourth-order valence-electron chi connectivity index (χ4n) is 3.62. The highest BCUT2D eigenvalue weighted by atomic mass is 35.5. The van der Waals surface area contributed by atoms with E-state index in [2.05, 4.69) is 67.1 Å². The van der Waals surface area contributed by atoms with Crippen molar-refractivity contribution in [2.75, 3.05) is 50.9 Å². The minimum atomic E-state index is -0.415. The number of likely N-dealkylation sites (N-methyl/N-ethyl adjacent to an activating group) is 2. The van der Waals surface area contributed by atoms with Gasteiger partial charge in [-0.15, -0.1) is 0 Å². The molecule has 3 rings (SSSR count). The van der Waals surface area contributed by atoms with Crippen molar-refractivity contribution in [3.63, 3.8) is 0 Å². The Morgan fingerprint density at radius 1 is 1.19 bits per heavy atom. The number of rotatable bonds is 11. The van der Waals surface area contributed by atoms with Crippen LogP contribution < -0.4 is 31.9 Å². The lowest BCUT2D eigenvalue weighted by Crippen LogP contribution is -2.54. The van der Waals surface area contributed by atoms with Gasteiger partial charge in [0.2, 0.25) is 5.91 Å². The second kappa shape index (κ2) is 13.7. The molecule has 0 saturated carbocycles. The van der Waals surface area contributed by atoms with E-state index in [-0.39, 0.29) is 18.4 Å². The summed E-state index contributed by atoms with van der Waals surface area (Å²) >= 11 is 6.21. The first-order valence-corrected chi connectivity index (χ1v) is 12.4. The Morgan fingerprint density at radius 3 is 2.67 bits per heavy atom. The molecule has 194 valence electrons. The van der Waals surface area contributed by atoms with Gasteiger partial charge in [-0.25, -0.2) is 4.99 Å². The topological polar surface area (TPSA) is 122 Å². The van der Waals surface area contributed by atoms with E-state index in [0.717, 1.165) is 25.9 Å². The Morgan fingerprint density at radius 2 is 1.97 bits per heavy atom. The molecule has 0 radical (unpaired) electrons. The number of anilines is 2. The van der Waals surface area contributed by atoms with Crippen LogP contribution in [0.5, 0.6) is 0 Å². The van der Waals surface area contributed by atoms with E-state index in [1.807, 2.05) is 7.05 Å². The van der Waals surface area contributed by atoms with Gasteiger partial charge in [0, 0.05) is 42.7 Å². The van der Waals surface area contributed by atoms with Gasteiger partial charge in [-0.05, 0) is 62.5 Å². The number of allylic oxidation sites excluding steroid dienone is 1. The van der Waals surface area contributed by atoms with Crippen molar-refractivity contribution in [2.24, 2.45) is 4.99 Å². The molecule has 10 nitrogen and oxygen atoms in total. The molecule has 1 aromatic rings. The molecule has 1 atom stereocenters. The van der Waals surface area contributed by atoms with Crippen LogP contribution in [-0.2, 0) is 9.59 Å². The summed E-state index contributed by atoms with van der Waals surface area (Å²) in [6.45, 7) is 4.57. The van der Waals surface area contributed by atoms with Crippen molar-refractivity contribution in [1.82, 2.24) is 26.2 Å². The second-order valence-electron chi connectivity index (χ2n) is 8.57. The number of nitrogens with zero attached hydrogens (tertiary/aromatic N) is 2. The maximum absolute atomic E-state index is 13.1. The van der Waals surface area contributed by atoms with Crippen molar-refractivity contribution in [1.29, 1.82) is 0 Å². The summed E-state index contributed by atoms with van der Waals surface area (Å²) in [6.07, 6.45) is 9.33. The standard InChI is InChI=1S/C25H35ClN8O2/c1-4-8-28-23-21(15-30-25(33-23)29-9-5-17-6-10-34(3)11-7-17)24(36)32-20-13-18(26)12-19(14-20)31-22(35)16-27-2/h6-7,10,12-15,23,27-28H,4-5,8-9,11,16H2,1-3H3,(H,31,35)(H,32,36)(H2,29,30,33). The summed E-state index contributed by atoms with van der Waals surface area (Å²) in [4.78, 5) is 31.6. The molecule has 0 fully saturated rings. The van der Waals surface area contributed by atoms with E-state index in [1.54, 1.807) is 31.4 Å². The molecule has 1 aromatic carbocycles. The maximum atomic E-state index is 13.1. The predicted octanol–water partition coefficient (Wildman–Crippen LogP) is 1.97. The number of hydrogen-bond donors (Lipinski definition) is 6. The van der Waals surface area contributed by atoms with Crippen molar-refractivity contribution >= 4 is 40.7 Å². The maximum Gasteiger partial charge on any atom is 0.256 e. The highest BCUT2D eigenvalue weighted by Crippen LogP contribution is 2.23. The molecule has 0 saturated heterocycles. The van der Waals surface area contributed by atoms with Gasteiger partial charge >= 0.3 is 0 Å². The number of hydrogen-bond acceptors (Lipinski definition) is 8. The van der Waals surface area contributed by atoms with Crippen LogP contribution in [0, 0.1) is 0 Å². The number of aliphatic imine (C=N–C) groups is 1. The quantitative estimate of drug-likeness (QED) is 0.267. The molecular weight excluding hydrogens is 480 g/mol. The first-order chi connectivity index (χ1) is 17.4. The summed E-state index contributed by atoms with van der Waals surface area (Å²) in [7, 11) is 3.73. The smallest absolute Gasteiger partial charge is 0.256 e. The van der Waals surface area contributed by atoms with Crippen molar-refractivity contribution in [3.8, 4) is 0 Å². The van der Waals surface area contributed by atoms with Gasteiger partial charge in [-0.1, -0.05) is 24.6 Å². The van der Waals surface area contributed by atoms with E-state index in [9.17, 15) is 9.59 Å². The van der Waals surface area contributed by atoms with Crippen LogP contribution in [0.15, 0.2) is 58.9 Å². The highest BCUT2D eigenvalue weighted by Gasteiger charge is 2.25. The minimum absolute atomic E-state index is 0.164. The number of halogens is 1. The van der Waals surface area contributed by atoms with Gasteiger partial charge in [0.25, 0.3) is 5.91 Å². The molecule has 2 aliphatic rings. The van der Waals surface area contributed by atoms with Crippen LogP contribution in [0.3, 0.4) is 0 Å². The molecule has 2 amide bonds. The molecule has 0 aliphatic carbocycles. The van der Waals surface area contributed by atoms with Gasteiger partial charge in [-0.2, -0.15) is 0 Å². The zero-order valence-corrected chi connectivity index (χ0v) is 21.7. The Kier molecular flexibility index (Phi) is 10.3. The molecule has 2 aliphatic heterocycles. The molecule has 2 heterocycles. The Hall–Kier alpha value is -3.34. The number of carbonyl (C=O) groups is 2. The first-order valence-electron chi connectivity index (χ1n) is 12.0. The van der Waals surface area contributed by atoms with E-state index < -0.39 is 6.17 Å². The van der Waals surface area contributed by atoms with Crippen LogP contribution in [0.2, 0.25) is 5.02 Å². The Balaban J connectivity index is 1.65. The van der Waals surface area contributed by atoms with Crippen LogP contribution in [0.25, 0.3) is 0 Å². The summed E-state index contributed by atoms with van der Waals surface area (Å²) in [6, 6.07) is 4.91. The van der Waals surface area contributed by atoms with E-state index >= 15 is 0 Å². The van der Waals surface area contributed by atoms with Gasteiger partial charge in [0.05, 0.1) is 12.1 Å².